The van der Waals surface area contributed by atoms with Crippen LogP contribution < -0.4 is 9.47 Å². The first-order valence-corrected chi connectivity index (χ1v) is 16.0. The Bertz CT molecular complexity index is 1710. The molecule has 45 heavy (non-hydrogen) atoms. The molecule has 0 radical (unpaired) electrons. The number of nitriles is 1. The van der Waals surface area contributed by atoms with E-state index in [0.717, 1.165) is 61.9 Å². The number of hydrogen-bond donors (Lipinski definition) is 1. The van der Waals surface area contributed by atoms with Crippen LogP contribution in [0, 0.1) is 24.1 Å². The molecular formula is C37H37ClFN3O3. The number of pyridine rings is 1. The lowest BCUT2D eigenvalue weighted by atomic mass is 9.92. The predicted molar refractivity (Wildman–Crippen MR) is 173 cm³/mol. The monoisotopic (exact) mass is 625 g/mol. The molecule has 0 amide bonds. The molecule has 232 valence electrons. The fourth-order valence-corrected chi connectivity index (χ4v) is 6.75. The van der Waals surface area contributed by atoms with E-state index in [9.17, 15) is 10.4 Å². The second kappa shape index (κ2) is 14.0. The number of piperidine rings is 1. The molecular weight excluding hydrogens is 589 g/mol. The lowest BCUT2D eigenvalue weighted by Gasteiger charge is -2.30. The smallest absolute Gasteiger partial charge is 0.141 e. The van der Waals surface area contributed by atoms with Crippen molar-refractivity contribution in [2.75, 3.05) is 19.7 Å². The maximum atomic E-state index is 15.0. The van der Waals surface area contributed by atoms with Crippen LogP contribution in [-0.2, 0) is 19.6 Å². The molecule has 6 rings (SSSR count). The summed E-state index contributed by atoms with van der Waals surface area (Å²) in [6.45, 7) is 4.76. The molecule has 1 saturated heterocycles. The third kappa shape index (κ3) is 7.15. The SMILES string of the molecule is Cc1cccc(-c2cccc3c2CCC3CCOc2cc(OCc3cncc(C#N)c3)c(CN3CCC(O)CC3)cc2Cl)c1F. The molecule has 2 heterocycles. The number of rotatable bonds is 10. The lowest BCUT2D eigenvalue weighted by molar-refractivity contribution is 0.0787. The van der Waals surface area contributed by atoms with Gasteiger partial charge in [0.1, 0.15) is 30.0 Å². The van der Waals surface area contributed by atoms with E-state index in [0.29, 0.717) is 52.3 Å². The van der Waals surface area contributed by atoms with E-state index in [1.807, 2.05) is 36.4 Å². The van der Waals surface area contributed by atoms with Gasteiger partial charge in [-0.1, -0.05) is 48.0 Å². The summed E-state index contributed by atoms with van der Waals surface area (Å²) < 4.78 is 27.6. The van der Waals surface area contributed by atoms with Crippen molar-refractivity contribution in [1.82, 2.24) is 9.88 Å². The number of nitrogens with zero attached hydrogens (tertiary/aromatic N) is 3. The predicted octanol–water partition coefficient (Wildman–Crippen LogP) is 7.76. The standard InChI is InChI=1S/C37H37ClFN3O3/c1-24-4-2-7-33(37(24)39)31-6-3-5-30-27(8-9-32(30)31)12-15-44-36-18-35(45-23-26-16-25(19-40)20-41-21-26)28(17-34(36)38)22-42-13-10-29(43)11-14-42/h2-7,16-18,20-21,27,29,43H,8-15,22-23H2,1H3. The minimum Gasteiger partial charge on any atom is -0.492 e. The molecule has 2 aliphatic rings. The number of hydrogen-bond acceptors (Lipinski definition) is 6. The van der Waals surface area contributed by atoms with E-state index < -0.39 is 0 Å². The molecule has 1 atom stereocenters. The van der Waals surface area contributed by atoms with Gasteiger partial charge in [0.2, 0.25) is 0 Å². The van der Waals surface area contributed by atoms with Crippen LogP contribution in [0.25, 0.3) is 11.1 Å². The summed E-state index contributed by atoms with van der Waals surface area (Å²) in [5.74, 6) is 1.39. The van der Waals surface area contributed by atoms with Gasteiger partial charge in [-0.15, -0.1) is 0 Å². The van der Waals surface area contributed by atoms with Gasteiger partial charge in [0.05, 0.1) is 23.3 Å². The van der Waals surface area contributed by atoms with Crippen molar-refractivity contribution in [2.24, 2.45) is 0 Å². The van der Waals surface area contributed by atoms with E-state index in [2.05, 4.69) is 22.0 Å². The van der Waals surface area contributed by atoms with Crippen molar-refractivity contribution in [2.45, 2.75) is 64.2 Å². The highest BCUT2D eigenvalue weighted by Gasteiger charge is 2.26. The maximum absolute atomic E-state index is 15.0. The summed E-state index contributed by atoms with van der Waals surface area (Å²) >= 11 is 6.77. The van der Waals surface area contributed by atoms with E-state index in [-0.39, 0.29) is 18.5 Å². The molecule has 8 heteroatoms. The first-order valence-electron chi connectivity index (χ1n) is 15.6. The van der Waals surface area contributed by atoms with Crippen LogP contribution in [0.3, 0.4) is 0 Å². The Morgan fingerprint density at radius 2 is 1.82 bits per heavy atom. The molecule has 1 aromatic heterocycles. The van der Waals surface area contributed by atoms with Crippen LogP contribution in [-0.4, -0.2) is 40.8 Å². The molecule has 1 N–H and O–H groups in total. The van der Waals surface area contributed by atoms with Crippen molar-refractivity contribution >= 4 is 11.6 Å². The van der Waals surface area contributed by atoms with Crippen molar-refractivity contribution < 1.29 is 19.0 Å². The highest BCUT2D eigenvalue weighted by Crippen LogP contribution is 2.42. The van der Waals surface area contributed by atoms with Gasteiger partial charge in [-0.3, -0.25) is 9.88 Å². The second-order valence-electron chi connectivity index (χ2n) is 12.1. The number of likely N-dealkylation sites (tertiary alicyclic amines) is 1. The summed E-state index contributed by atoms with van der Waals surface area (Å²) in [5.41, 5.74) is 7.01. The Balaban J connectivity index is 1.17. The Kier molecular flexibility index (Phi) is 9.65. The van der Waals surface area contributed by atoms with Crippen molar-refractivity contribution in [3.05, 3.63) is 111 Å². The van der Waals surface area contributed by atoms with Crippen LogP contribution in [0.2, 0.25) is 5.02 Å². The highest BCUT2D eigenvalue weighted by molar-refractivity contribution is 6.32. The normalized spacial score (nSPS) is 16.7. The molecule has 1 unspecified atom stereocenters. The molecule has 1 aliphatic heterocycles. The Morgan fingerprint density at radius 1 is 1.02 bits per heavy atom. The van der Waals surface area contributed by atoms with Gasteiger partial charge in [-0.2, -0.15) is 5.26 Å². The van der Waals surface area contributed by atoms with Gasteiger partial charge in [-0.25, -0.2) is 4.39 Å². The van der Waals surface area contributed by atoms with Crippen molar-refractivity contribution in [3.63, 3.8) is 0 Å². The average Bonchev–Trinajstić information content (AvgIpc) is 3.47. The zero-order valence-electron chi connectivity index (χ0n) is 25.4. The number of aliphatic hydroxyl groups excluding tert-OH is 1. The van der Waals surface area contributed by atoms with Gasteiger partial charge >= 0.3 is 0 Å². The average molecular weight is 626 g/mol. The van der Waals surface area contributed by atoms with Gasteiger partial charge in [0, 0.05) is 54.8 Å². The molecule has 6 nitrogen and oxygen atoms in total. The number of ether oxygens (including phenoxy) is 2. The van der Waals surface area contributed by atoms with E-state index in [1.54, 1.807) is 25.3 Å². The van der Waals surface area contributed by atoms with Crippen LogP contribution in [0.1, 0.15) is 65.0 Å². The number of aryl methyl sites for hydroxylation is 1. The van der Waals surface area contributed by atoms with Gasteiger partial charge in [0.15, 0.2) is 0 Å². The fourth-order valence-electron chi connectivity index (χ4n) is 6.51. The molecule has 1 fully saturated rings. The third-order valence-electron chi connectivity index (χ3n) is 8.99. The van der Waals surface area contributed by atoms with Crippen LogP contribution in [0.4, 0.5) is 4.39 Å². The molecule has 0 saturated carbocycles. The number of aliphatic hydroxyl groups is 1. The molecule has 0 bridgehead atoms. The third-order valence-corrected chi connectivity index (χ3v) is 9.28. The largest absolute Gasteiger partial charge is 0.492 e. The maximum Gasteiger partial charge on any atom is 0.141 e. The van der Waals surface area contributed by atoms with Crippen molar-refractivity contribution in [3.8, 4) is 28.7 Å². The number of aromatic nitrogens is 1. The van der Waals surface area contributed by atoms with Crippen LogP contribution in [0.15, 0.2) is 67.0 Å². The number of fused-ring (bicyclic) bond motifs is 1. The zero-order chi connectivity index (χ0) is 31.3. The quantitative estimate of drug-likeness (QED) is 0.194. The first kappa shape index (κ1) is 31.0. The Morgan fingerprint density at radius 3 is 2.64 bits per heavy atom. The first-order chi connectivity index (χ1) is 21.9. The summed E-state index contributed by atoms with van der Waals surface area (Å²) in [6.07, 6.45) is 7.16. The zero-order valence-corrected chi connectivity index (χ0v) is 26.2. The van der Waals surface area contributed by atoms with E-state index >= 15 is 4.39 Å². The second-order valence-corrected chi connectivity index (χ2v) is 12.5. The molecule has 3 aromatic carbocycles. The van der Waals surface area contributed by atoms with Crippen LogP contribution >= 0.6 is 11.6 Å². The van der Waals surface area contributed by atoms with Crippen LogP contribution in [0.5, 0.6) is 11.5 Å². The minimum atomic E-state index is -0.252. The lowest BCUT2D eigenvalue weighted by Crippen LogP contribution is -2.35. The van der Waals surface area contributed by atoms with E-state index in [1.165, 1.54) is 17.3 Å². The molecule has 1 aliphatic carbocycles. The Hall–Kier alpha value is -3.96. The highest BCUT2D eigenvalue weighted by atomic mass is 35.5. The molecule has 0 spiro atoms. The van der Waals surface area contributed by atoms with Gasteiger partial charge in [-0.05, 0) is 79.3 Å². The molecule has 4 aromatic rings. The Labute approximate surface area is 269 Å². The number of halogens is 2. The minimum absolute atomic E-state index is 0.152. The summed E-state index contributed by atoms with van der Waals surface area (Å²) in [4.78, 5) is 6.44. The van der Waals surface area contributed by atoms with Gasteiger partial charge < -0.3 is 14.6 Å². The summed E-state index contributed by atoms with van der Waals surface area (Å²) in [5, 5.41) is 19.7. The topological polar surface area (TPSA) is 78.6 Å². The van der Waals surface area contributed by atoms with Gasteiger partial charge in [0.25, 0.3) is 0 Å². The van der Waals surface area contributed by atoms with E-state index in [4.69, 9.17) is 21.1 Å². The van der Waals surface area contributed by atoms with Crippen molar-refractivity contribution in [1.29, 1.82) is 5.26 Å². The summed E-state index contributed by atoms with van der Waals surface area (Å²) in [7, 11) is 0. The summed E-state index contributed by atoms with van der Waals surface area (Å²) in [6, 6.07) is 19.5. The fraction of sp³-hybridized carbons (Fsp3) is 0.351. The number of benzene rings is 3.